The summed E-state index contributed by atoms with van der Waals surface area (Å²) >= 11 is 0. The van der Waals surface area contributed by atoms with Crippen LogP contribution < -0.4 is 10.0 Å². The summed E-state index contributed by atoms with van der Waals surface area (Å²) in [5.41, 5.74) is 0. The summed E-state index contributed by atoms with van der Waals surface area (Å²) in [5, 5.41) is 2.86. The normalized spacial score (nSPS) is 12.4. The molecule has 0 aromatic heterocycles. The highest BCUT2D eigenvalue weighted by atomic mass is 32.2. The maximum atomic E-state index is 11.0. The molecular weight excluding hydrogens is 166 g/mol. The molecule has 0 fully saturated rings. The average Bonchev–Trinajstić information content (AvgIpc) is 2.00. The van der Waals surface area contributed by atoms with E-state index in [1.165, 1.54) is 18.4 Å². The van der Waals surface area contributed by atoms with Crippen molar-refractivity contribution in [2.45, 2.75) is 0 Å². The van der Waals surface area contributed by atoms with Crippen molar-refractivity contribution in [1.82, 2.24) is 14.3 Å². The highest BCUT2D eigenvalue weighted by molar-refractivity contribution is 7.87. The van der Waals surface area contributed by atoms with Crippen molar-refractivity contribution in [3.63, 3.8) is 0 Å². The van der Waals surface area contributed by atoms with Gasteiger partial charge >= 0.3 is 0 Å². The van der Waals surface area contributed by atoms with Gasteiger partial charge in [-0.15, -0.1) is 0 Å². The molecule has 0 spiro atoms. The van der Waals surface area contributed by atoms with Crippen molar-refractivity contribution in [3.8, 4) is 0 Å². The molecule has 6 heteroatoms. The Balaban J connectivity index is 3.93. The first-order chi connectivity index (χ1) is 5.04. The van der Waals surface area contributed by atoms with Gasteiger partial charge in [0.1, 0.15) is 0 Å². The SMILES string of the molecule is CNCCN(C)S(=O)(=O)NC. The van der Waals surface area contributed by atoms with Gasteiger partial charge in [0.2, 0.25) is 0 Å². The molecule has 0 unspecified atom stereocenters. The fraction of sp³-hybridized carbons (Fsp3) is 1.00. The van der Waals surface area contributed by atoms with Crippen molar-refractivity contribution in [2.24, 2.45) is 0 Å². The van der Waals surface area contributed by atoms with Gasteiger partial charge in [-0.1, -0.05) is 0 Å². The molecule has 0 rings (SSSR count). The molecule has 0 bridgehead atoms. The highest BCUT2D eigenvalue weighted by Gasteiger charge is 2.12. The molecule has 0 amide bonds. The second kappa shape index (κ2) is 4.66. The van der Waals surface area contributed by atoms with Gasteiger partial charge in [0.25, 0.3) is 10.2 Å². The number of nitrogens with zero attached hydrogens (tertiary/aromatic N) is 1. The van der Waals surface area contributed by atoms with E-state index < -0.39 is 10.2 Å². The van der Waals surface area contributed by atoms with Crippen LogP contribution in [0, 0.1) is 0 Å². The van der Waals surface area contributed by atoms with E-state index in [0.717, 1.165) is 0 Å². The minimum atomic E-state index is -3.23. The molecule has 0 saturated heterocycles. The van der Waals surface area contributed by atoms with Gasteiger partial charge < -0.3 is 5.32 Å². The fourth-order valence-corrected chi connectivity index (χ4v) is 1.19. The van der Waals surface area contributed by atoms with Crippen LogP contribution >= 0.6 is 0 Å². The van der Waals surface area contributed by atoms with Gasteiger partial charge in [-0.3, -0.25) is 0 Å². The maximum absolute atomic E-state index is 11.0. The third-order valence-electron chi connectivity index (χ3n) is 1.34. The van der Waals surface area contributed by atoms with Crippen LogP contribution in [0.4, 0.5) is 0 Å². The number of nitrogens with one attached hydrogen (secondary N) is 2. The van der Waals surface area contributed by atoms with Crippen molar-refractivity contribution >= 4 is 10.2 Å². The number of rotatable bonds is 5. The van der Waals surface area contributed by atoms with Crippen LogP contribution in [-0.2, 0) is 10.2 Å². The van der Waals surface area contributed by atoms with Gasteiger partial charge in [0.15, 0.2) is 0 Å². The summed E-state index contributed by atoms with van der Waals surface area (Å²) in [6.45, 7) is 1.12. The Morgan fingerprint density at radius 2 is 1.91 bits per heavy atom. The van der Waals surface area contributed by atoms with E-state index >= 15 is 0 Å². The molecule has 0 aliphatic carbocycles. The van der Waals surface area contributed by atoms with Crippen LogP contribution in [0.25, 0.3) is 0 Å². The molecular formula is C5H15N3O2S. The van der Waals surface area contributed by atoms with E-state index in [-0.39, 0.29) is 0 Å². The molecule has 2 N–H and O–H groups in total. The van der Waals surface area contributed by atoms with Crippen molar-refractivity contribution in [1.29, 1.82) is 0 Å². The van der Waals surface area contributed by atoms with E-state index in [1.54, 1.807) is 7.05 Å². The molecule has 11 heavy (non-hydrogen) atoms. The Labute approximate surface area is 68.0 Å². The first-order valence-electron chi connectivity index (χ1n) is 3.34. The third-order valence-corrected chi connectivity index (χ3v) is 2.86. The van der Waals surface area contributed by atoms with Crippen LogP contribution in [-0.4, -0.2) is 47.0 Å². The molecule has 5 nitrogen and oxygen atoms in total. The van der Waals surface area contributed by atoms with Crippen molar-refractivity contribution in [3.05, 3.63) is 0 Å². The Kier molecular flexibility index (Phi) is 4.58. The quantitative estimate of drug-likeness (QED) is 0.548. The third kappa shape index (κ3) is 3.66. The van der Waals surface area contributed by atoms with Crippen LogP contribution in [0.15, 0.2) is 0 Å². The molecule has 0 aromatic carbocycles. The Morgan fingerprint density at radius 1 is 1.36 bits per heavy atom. The standard InChI is InChI=1S/C5H15N3O2S/c1-6-4-5-8(3)11(9,10)7-2/h6-7H,4-5H2,1-3H3. The van der Waals surface area contributed by atoms with Gasteiger partial charge in [0.05, 0.1) is 0 Å². The Hall–Kier alpha value is -0.170. The monoisotopic (exact) mass is 181 g/mol. The summed E-state index contributed by atoms with van der Waals surface area (Å²) < 4.78 is 25.5. The zero-order valence-corrected chi connectivity index (χ0v) is 7.90. The lowest BCUT2D eigenvalue weighted by molar-refractivity contribution is 0.459. The number of hydrogen-bond acceptors (Lipinski definition) is 3. The minimum absolute atomic E-state index is 0.472. The summed E-state index contributed by atoms with van der Waals surface area (Å²) in [6, 6.07) is 0. The maximum Gasteiger partial charge on any atom is 0.278 e. The van der Waals surface area contributed by atoms with Crippen LogP contribution in [0.5, 0.6) is 0 Å². The van der Waals surface area contributed by atoms with Crippen molar-refractivity contribution in [2.75, 3.05) is 34.2 Å². The van der Waals surface area contributed by atoms with Gasteiger partial charge in [0, 0.05) is 27.2 Å². The zero-order valence-electron chi connectivity index (χ0n) is 7.09. The first-order valence-corrected chi connectivity index (χ1v) is 4.78. The molecule has 0 aliphatic heterocycles. The van der Waals surface area contributed by atoms with Gasteiger partial charge in [-0.05, 0) is 7.05 Å². The second-order valence-electron chi connectivity index (χ2n) is 2.13. The van der Waals surface area contributed by atoms with Crippen LogP contribution in [0.3, 0.4) is 0 Å². The lowest BCUT2D eigenvalue weighted by atomic mass is 10.6. The molecule has 0 heterocycles. The average molecular weight is 181 g/mol. The van der Waals surface area contributed by atoms with Crippen LogP contribution in [0.1, 0.15) is 0 Å². The number of likely N-dealkylation sites (N-methyl/N-ethyl adjacent to an activating group) is 2. The molecule has 0 atom stereocenters. The lowest BCUT2D eigenvalue weighted by Gasteiger charge is -2.15. The first kappa shape index (κ1) is 10.8. The molecule has 0 aliphatic rings. The van der Waals surface area contributed by atoms with Gasteiger partial charge in [-0.25, -0.2) is 4.72 Å². The Morgan fingerprint density at radius 3 is 2.27 bits per heavy atom. The smallest absolute Gasteiger partial charge is 0.278 e. The van der Waals surface area contributed by atoms with E-state index in [9.17, 15) is 8.42 Å². The van der Waals surface area contributed by atoms with Crippen molar-refractivity contribution < 1.29 is 8.42 Å². The van der Waals surface area contributed by atoms with Gasteiger partial charge in [-0.2, -0.15) is 12.7 Å². The predicted molar refractivity (Wildman–Crippen MR) is 44.5 cm³/mol. The summed E-state index contributed by atoms with van der Waals surface area (Å²) in [7, 11) is 1.48. The fourth-order valence-electron chi connectivity index (χ4n) is 0.545. The number of hydrogen-bond donors (Lipinski definition) is 2. The molecule has 0 aromatic rings. The van der Waals surface area contributed by atoms with E-state index in [4.69, 9.17) is 0 Å². The Bertz CT molecular complexity index is 190. The zero-order chi connectivity index (χ0) is 8.91. The van der Waals surface area contributed by atoms with E-state index in [0.29, 0.717) is 13.1 Å². The topological polar surface area (TPSA) is 61.4 Å². The second-order valence-corrected chi connectivity index (χ2v) is 4.12. The summed E-state index contributed by atoms with van der Waals surface area (Å²) in [6.07, 6.45) is 0. The van der Waals surface area contributed by atoms with Crippen LogP contribution in [0.2, 0.25) is 0 Å². The largest absolute Gasteiger partial charge is 0.318 e. The predicted octanol–water partition coefficient (Wildman–Crippen LogP) is -1.40. The van der Waals surface area contributed by atoms with E-state index in [1.807, 2.05) is 0 Å². The molecule has 0 radical (unpaired) electrons. The van der Waals surface area contributed by atoms with E-state index in [2.05, 4.69) is 10.0 Å². The highest BCUT2D eigenvalue weighted by Crippen LogP contribution is 1.89. The lowest BCUT2D eigenvalue weighted by Crippen LogP contribution is -2.39. The summed E-state index contributed by atoms with van der Waals surface area (Å²) in [5.74, 6) is 0. The molecule has 68 valence electrons. The minimum Gasteiger partial charge on any atom is -0.318 e. The molecule has 0 saturated carbocycles. The summed E-state index contributed by atoms with van der Waals surface area (Å²) in [4.78, 5) is 0.